The summed E-state index contributed by atoms with van der Waals surface area (Å²) in [4.78, 5) is 22.8. The van der Waals surface area contributed by atoms with Gasteiger partial charge < -0.3 is 10.2 Å². The third-order valence-electron chi connectivity index (χ3n) is 3.67. The van der Waals surface area contributed by atoms with Gasteiger partial charge in [0.15, 0.2) is 5.41 Å². The molecule has 0 radical (unpaired) electrons. The van der Waals surface area contributed by atoms with Gasteiger partial charge in [-0.15, -0.1) is 0 Å². The molecule has 0 fully saturated rings. The van der Waals surface area contributed by atoms with E-state index in [9.17, 15) is 19.8 Å². The first-order chi connectivity index (χ1) is 8.04. The van der Waals surface area contributed by atoms with E-state index in [1.807, 2.05) is 31.2 Å². The molecule has 0 saturated heterocycles. The second-order valence-corrected chi connectivity index (χ2v) is 4.42. The third kappa shape index (κ3) is 1.44. The number of carboxylic acid groups (broad SMARTS) is 2. The Kier molecular flexibility index (Phi) is 2.65. The van der Waals surface area contributed by atoms with Crippen molar-refractivity contribution in [2.75, 3.05) is 0 Å². The van der Waals surface area contributed by atoms with E-state index in [0.29, 0.717) is 6.42 Å². The molecule has 4 nitrogen and oxygen atoms in total. The van der Waals surface area contributed by atoms with Gasteiger partial charge in [0.25, 0.3) is 0 Å². The highest BCUT2D eigenvalue weighted by molar-refractivity contribution is 6.00. The summed E-state index contributed by atoms with van der Waals surface area (Å²) in [6.45, 7) is 1.83. The van der Waals surface area contributed by atoms with Crippen LogP contribution >= 0.6 is 0 Å². The van der Waals surface area contributed by atoms with Crippen LogP contribution in [-0.4, -0.2) is 22.2 Å². The maximum atomic E-state index is 11.4. The zero-order valence-electron chi connectivity index (χ0n) is 9.51. The molecule has 90 valence electrons. The van der Waals surface area contributed by atoms with Gasteiger partial charge in [0, 0.05) is 12.3 Å². The molecule has 2 N–H and O–H groups in total. The van der Waals surface area contributed by atoms with Crippen LogP contribution in [0.15, 0.2) is 24.3 Å². The fraction of sp³-hybridized carbons (Fsp3) is 0.385. The molecule has 0 amide bonds. The Labute approximate surface area is 98.9 Å². The smallest absolute Gasteiger partial charge is 0.322 e. The Balaban J connectivity index is 2.60. The van der Waals surface area contributed by atoms with Crippen LogP contribution < -0.4 is 0 Å². The Morgan fingerprint density at radius 1 is 1.29 bits per heavy atom. The van der Waals surface area contributed by atoms with Gasteiger partial charge in [-0.05, 0) is 17.5 Å². The molecule has 0 saturated carbocycles. The number of rotatable bonds is 3. The molecular formula is C13H14O4. The predicted octanol–water partition coefficient (Wildman–Crippen LogP) is 1.89. The summed E-state index contributed by atoms with van der Waals surface area (Å²) in [5.41, 5.74) is 0.00211. The second-order valence-electron chi connectivity index (χ2n) is 4.42. The van der Waals surface area contributed by atoms with Gasteiger partial charge in [-0.3, -0.25) is 9.59 Å². The summed E-state index contributed by atoms with van der Waals surface area (Å²) in [5, 5.41) is 18.7. The minimum absolute atomic E-state index is 0.0757. The SMILES string of the molecule is CCC1c2ccccc2CC1(C(=O)O)C(=O)O. The van der Waals surface area contributed by atoms with Crippen molar-refractivity contribution in [3.63, 3.8) is 0 Å². The molecule has 1 aromatic rings. The summed E-state index contributed by atoms with van der Waals surface area (Å²) in [6.07, 6.45) is 0.585. The van der Waals surface area contributed by atoms with Crippen LogP contribution in [0.4, 0.5) is 0 Å². The molecule has 0 heterocycles. The lowest BCUT2D eigenvalue weighted by molar-refractivity contribution is -0.165. The Morgan fingerprint density at radius 3 is 2.41 bits per heavy atom. The number of carbonyl (C=O) groups is 2. The molecule has 1 unspecified atom stereocenters. The third-order valence-corrected chi connectivity index (χ3v) is 3.67. The highest BCUT2D eigenvalue weighted by atomic mass is 16.4. The van der Waals surface area contributed by atoms with E-state index in [4.69, 9.17) is 0 Å². The van der Waals surface area contributed by atoms with E-state index in [1.165, 1.54) is 0 Å². The molecule has 1 aliphatic carbocycles. The Bertz CT molecular complexity index is 464. The maximum absolute atomic E-state index is 11.4. The highest BCUT2D eigenvalue weighted by Crippen LogP contribution is 2.49. The zero-order valence-corrected chi connectivity index (χ0v) is 9.51. The summed E-state index contributed by atoms with van der Waals surface area (Å²) in [6, 6.07) is 7.27. The predicted molar refractivity (Wildman–Crippen MR) is 60.9 cm³/mol. The minimum atomic E-state index is -1.70. The van der Waals surface area contributed by atoms with E-state index in [-0.39, 0.29) is 6.42 Å². The topological polar surface area (TPSA) is 74.6 Å². The fourth-order valence-electron chi connectivity index (χ4n) is 2.83. The first-order valence-electron chi connectivity index (χ1n) is 5.58. The first kappa shape index (κ1) is 11.6. The first-order valence-corrected chi connectivity index (χ1v) is 5.58. The number of aliphatic carboxylic acids is 2. The summed E-state index contributed by atoms with van der Waals surface area (Å²) in [5.74, 6) is -2.94. The van der Waals surface area contributed by atoms with Gasteiger partial charge in [-0.25, -0.2) is 0 Å². The lowest BCUT2D eigenvalue weighted by atomic mass is 9.74. The van der Waals surface area contributed by atoms with Crippen LogP contribution in [0.2, 0.25) is 0 Å². The average Bonchev–Trinajstić information content (AvgIpc) is 2.64. The van der Waals surface area contributed by atoms with E-state index < -0.39 is 23.3 Å². The van der Waals surface area contributed by atoms with Crippen molar-refractivity contribution in [3.8, 4) is 0 Å². The molecule has 0 spiro atoms. The average molecular weight is 234 g/mol. The van der Waals surface area contributed by atoms with Crippen LogP contribution in [-0.2, 0) is 16.0 Å². The molecule has 1 atom stereocenters. The molecule has 2 rings (SSSR count). The number of carboxylic acids is 2. The molecule has 4 heteroatoms. The lowest BCUT2D eigenvalue weighted by Gasteiger charge is -2.26. The molecule has 1 aromatic carbocycles. The summed E-state index contributed by atoms with van der Waals surface area (Å²) < 4.78 is 0. The fourth-order valence-corrected chi connectivity index (χ4v) is 2.83. The van der Waals surface area contributed by atoms with Gasteiger partial charge in [0.2, 0.25) is 0 Å². The molecule has 17 heavy (non-hydrogen) atoms. The summed E-state index contributed by atoms with van der Waals surface area (Å²) >= 11 is 0. The molecule has 0 bridgehead atoms. The van der Waals surface area contributed by atoms with Crippen molar-refractivity contribution in [2.45, 2.75) is 25.7 Å². The monoisotopic (exact) mass is 234 g/mol. The molecule has 0 aromatic heterocycles. The van der Waals surface area contributed by atoms with E-state index in [0.717, 1.165) is 11.1 Å². The van der Waals surface area contributed by atoms with Crippen LogP contribution in [0.1, 0.15) is 30.4 Å². The van der Waals surface area contributed by atoms with Crippen molar-refractivity contribution in [1.82, 2.24) is 0 Å². The van der Waals surface area contributed by atoms with Crippen molar-refractivity contribution >= 4 is 11.9 Å². The quantitative estimate of drug-likeness (QED) is 0.783. The number of hydrogen-bond acceptors (Lipinski definition) is 2. The van der Waals surface area contributed by atoms with Gasteiger partial charge >= 0.3 is 11.9 Å². The Hall–Kier alpha value is -1.84. The molecule has 1 aliphatic rings. The molecular weight excluding hydrogens is 220 g/mol. The number of benzene rings is 1. The minimum Gasteiger partial charge on any atom is -0.480 e. The van der Waals surface area contributed by atoms with Gasteiger partial charge in [0.05, 0.1) is 0 Å². The van der Waals surface area contributed by atoms with Crippen LogP contribution in [0.3, 0.4) is 0 Å². The van der Waals surface area contributed by atoms with Gasteiger partial charge in [0.1, 0.15) is 0 Å². The van der Waals surface area contributed by atoms with Crippen LogP contribution in [0, 0.1) is 5.41 Å². The van der Waals surface area contributed by atoms with Crippen molar-refractivity contribution in [2.24, 2.45) is 5.41 Å². The standard InChI is InChI=1S/C13H14O4/c1-2-10-9-6-4-3-5-8(9)7-13(10,11(14)15)12(16)17/h3-6,10H,2,7H2,1H3,(H,14,15)(H,16,17). The van der Waals surface area contributed by atoms with Gasteiger partial charge in [-0.1, -0.05) is 31.2 Å². The van der Waals surface area contributed by atoms with E-state index >= 15 is 0 Å². The van der Waals surface area contributed by atoms with E-state index in [1.54, 1.807) is 0 Å². The maximum Gasteiger partial charge on any atom is 0.322 e. The number of hydrogen-bond donors (Lipinski definition) is 2. The number of fused-ring (bicyclic) bond motifs is 1. The van der Waals surface area contributed by atoms with E-state index in [2.05, 4.69) is 0 Å². The van der Waals surface area contributed by atoms with Gasteiger partial charge in [-0.2, -0.15) is 0 Å². The Morgan fingerprint density at radius 2 is 1.88 bits per heavy atom. The normalized spacial score (nSPS) is 20.9. The highest BCUT2D eigenvalue weighted by Gasteiger charge is 2.57. The van der Waals surface area contributed by atoms with Crippen molar-refractivity contribution < 1.29 is 19.8 Å². The lowest BCUT2D eigenvalue weighted by Crippen LogP contribution is -2.42. The van der Waals surface area contributed by atoms with Crippen LogP contribution in [0.5, 0.6) is 0 Å². The van der Waals surface area contributed by atoms with Crippen LogP contribution in [0.25, 0.3) is 0 Å². The van der Waals surface area contributed by atoms with Crippen molar-refractivity contribution in [1.29, 1.82) is 0 Å². The second kappa shape index (κ2) is 3.87. The zero-order chi connectivity index (χ0) is 12.6. The summed E-state index contributed by atoms with van der Waals surface area (Å²) in [7, 11) is 0. The van der Waals surface area contributed by atoms with Crippen molar-refractivity contribution in [3.05, 3.63) is 35.4 Å². The molecule has 0 aliphatic heterocycles. The largest absolute Gasteiger partial charge is 0.480 e.